The fourth-order valence-corrected chi connectivity index (χ4v) is 4.94. The molecule has 0 aliphatic carbocycles. The Kier molecular flexibility index (Phi) is 15.1. The van der Waals surface area contributed by atoms with Gasteiger partial charge in [0.15, 0.2) is 0 Å². The van der Waals surface area contributed by atoms with E-state index in [2.05, 4.69) is 21.3 Å². The molecular weight excluding hydrogens is 604 g/mol. The van der Waals surface area contributed by atoms with Crippen molar-refractivity contribution >= 4 is 41.5 Å². The molecule has 5 amide bonds. The van der Waals surface area contributed by atoms with Crippen LogP contribution in [-0.2, 0) is 40.0 Å². The molecule has 1 aromatic rings. The Balaban J connectivity index is 2.14. The van der Waals surface area contributed by atoms with Crippen molar-refractivity contribution in [1.29, 1.82) is 0 Å². The van der Waals surface area contributed by atoms with Crippen LogP contribution in [0.15, 0.2) is 30.3 Å². The van der Waals surface area contributed by atoms with Crippen LogP contribution in [0.4, 0.5) is 0 Å². The van der Waals surface area contributed by atoms with Crippen molar-refractivity contribution in [3.63, 3.8) is 0 Å². The molecule has 5 atom stereocenters. The van der Waals surface area contributed by atoms with Gasteiger partial charge in [0.2, 0.25) is 29.5 Å². The standard InChI is InChI=1S/C30H44N6O10/c1-17(2)13-19(31)26(41)32-15-24(38)36-12-6-9-23(36)29(44)34-21(14-18-7-4-3-5-8-18)27(42)35-22(16-37)28(43)33-20(30(45)46)10-11-25(39)40/h3-5,7-8,17,19-23,37H,6,9-16,31H2,1-2H3,(H,32,41)(H,33,43)(H,34,44)(H,35,42)(H,39,40)(H,45,46)/t19-,20-,21-,22-,23-/m0/s1. The van der Waals surface area contributed by atoms with Gasteiger partial charge >= 0.3 is 11.9 Å². The van der Waals surface area contributed by atoms with Crippen LogP contribution in [0.2, 0.25) is 0 Å². The fraction of sp³-hybridized carbons (Fsp3) is 0.567. The lowest BCUT2D eigenvalue weighted by Gasteiger charge is -2.27. The highest BCUT2D eigenvalue weighted by atomic mass is 16.4. The van der Waals surface area contributed by atoms with E-state index in [0.717, 1.165) is 0 Å². The second-order valence-corrected chi connectivity index (χ2v) is 11.5. The van der Waals surface area contributed by atoms with Crippen LogP contribution in [0.3, 0.4) is 0 Å². The number of aliphatic carboxylic acids is 2. The second kappa shape index (κ2) is 18.4. The number of carboxylic acid groups (broad SMARTS) is 2. The number of amides is 5. The van der Waals surface area contributed by atoms with Crippen LogP contribution in [-0.4, -0.2) is 112 Å². The van der Waals surface area contributed by atoms with Gasteiger partial charge in [-0.1, -0.05) is 44.2 Å². The van der Waals surface area contributed by atoms with Gasteiger partial charge in [-0.2, -0.15) is 0 Å². The van der Waals surface area contributed by atoms with Gasteiger partial charge in [0.05, 0.1) is 19.2 Å². The molecule has 1 aliphatic heterocycles. The third-order valence-electron chi connectivity index (χ3n) is 7.34. The molecule has 16 heteroatoms. The smallest absolute Gasteiger partial charge is 0.326 e. The summed E-state index contributed by atoms with van der Waals surface area (Å²) in [5.74, 6) is -6.16. The van der Waals surface area contributed by atoms with E-state index in [4.69, 9.17) is 10.8 Å². The van der Waals surface area contributed by atoms with E-state index in [0.29, 0.717) is 24.8 Å². The number of nitrogens with two attached hydrogens (primary N) is 1. The molecule has 254 valence electrons. The summed E-state index contributed by atoms with van der Waals surface area (Å²) >= 11 is 0. The van der Waals surface area contributed by atoms with Crippen LogP contribution in [0.1, 0.15) is 51.5 Å². The van der Waals surface area contributed by atoms with Crippen molar-refractivity contribution in [2.45, 2.75) is 82.6 Å². The van der Waals surface area contributed by atoms with E-state index in [1.54, 1.807) is 30.3 Å². The number of carbonyl (C=O) groups excluding carboxylic acids is 5. The normalized spacial score (nSPS) is 16.9. The molecule has 0 spiro atoms. The van der Waals surface area contributed by atoms with E-state index >= 15 is 0 Å². The molecule has 2 rings (SSSR count). The maximum atomic E-state index is 13.4. The van der Waals surface area contributed by atoms with Crippen molar-refractivity contribution < 1.29 is 48.9 Å². The molecule has 1 heterocycles. The van der Waals surface area contributed by atoms with Gasteiger partial charge in [-0.15, -0.1) is 0 Å². The number of carboxylic acids is 2. The number of hydrogen-bond acceptors (Lipinski definition) is 9. The topological polar surface area (TPSA) is 258 Å². The Hall–Kier alpha value is -4.57. The molecule has 1 aromatic carbocycles. The van der Waals surface area contributed by atoms with E-state index < -0.39 is 91.1 Å². The monoisotopic (exact) mass is 648 g/mol. The fourth-order valence-electron chi connectivity index (χ4n) is 4.94. The van der Waals surface area contributed by atoms with Crippen molar-refractivity contribution in [2.24, 2.45) is 11.7 Å². The number of hydrogen-bond donors (Lipinski definition) is 8. The highest BCUT2D eigenvalue weighted by Crippen LogP contribution is 2.18. The minimum absolute atomic E-state index is 0.0288. The third kappa shape index (κ3) is 12.1. The minimum Gasteiger partial charge on any atom is -0.481 e. The van der Waals surface area contributed by atoms with Gasteiger partial charge in [0.1, 0.15) is 24.2 Å². The number of carbonyl (C=O) groups is 7. The SMILES string of the molecule is CC(C)C[C@H](N)C(=O)NCC(=O)N1CCC[C@H]1C(=O)N[C@@H](Cc1ccccc1)C(=O)N[C@@H](CO)C(=O)N[C@@H](CCC(=O)O)C(=O)O. The van der Waals surface area contributed by atoms with Gasteiger partial charge in [0, 0.05) is 19.4 Å². The summed E-state index contributed by atoms with van der Waals surface area (Å²) in [6.45, 7) is 2.79. The average molecular weight is 649 g/mol. The van der Waals surface area contributed by atoms with Crippen LogP contribution in [0.5, 0.6) is 0 Å². The Morgan fingerprint density at radius 1 is 0.913 bits per heavy atom. The van der Waals surface area contributed by atoms with Crippen LogP contribution >= 0.6 is 0 Å². The summed E-state index contributed by atoms with van der Waals surface area (Å²) in [6, 6.07) is 2.40. The molecule has 1 aliphatic rings. The largest absolute Gasteiger partial charge is 0.481 e. The van der Waals surface area contributed by atoms with Gasteiger partial charge < -0.3 is 47.2 Å². The summed E-state index contributed by atoms with van der Waals surface area (Å²) in [7, 11) is 0. The highest BCUT2D eigenvalue weighted by Gasteiger charge is 2.37. The van der Waals surface area contributed by atoms with Gasteiger partial charge in [0.25, 0.3) is 0 Å². The number of nitrogens with one attached hydrogen (secondary N) is 4. The minimum atomic E-state index is -1.62. The molecule has 0 radical (unpaired) electrons. The van der Waals surface area contributed by atoms with Gasteiger partial charge in [-0.3, -0.25) is 28.8 Å². The van der Waals surface area contributed by atoms with E-state index in [9.17, 15) is 43.8 Å². The van der Waals surface area contributed by atoms with Crippen molar-refractivity contribution in [3.8, 4) is 0 Å². The Bertz CT molecular complexity index is 1240. The summed E-state index contributed by atoms with van der Waals surface area (Å²) in [5.41, 5.74) is 6.52. The lowest BCUT2D eigenvalue weighted by Crippen LogP contribution is -2.59. The van der Waals surface area contributed by atoms with E-state index in [-0.39, 0.29) is 25.4 Å². The zero-order valence-corrected chi connectivity index (χ0v) is 25.9. The number of rotatable bonds is 18. The maximum absolute atomic E-state index is 13.4. The Morgan fingerprint density at radius 2 is 1.54 bits per heavy atom. The van der Waals surface area contributed by atoms with Gasteiger partial charge in [-0.05, 0) is 37.2 Å². The average Bonchev–Trinajstić information content (AvgIpc) is 3.50. The molecule has 0 aromatic heterocycles. The van der Waals surface area contributed by atoms with E-state index in [1.807, 2.05) is 13.8 Å². The zero-order chi connectivity index (χ0) is 34.4. The lowest BCUT2D eigenvalue weighted by atomic mass is 10.0. The third-order valence-corrected chi connectivity index (χ3v) is 7.34. The lowest BCUT2D eigenvalue weighted by molar-refractivity contribution is -0.143. The first-order valence-electron chi connectivity index (χ1n) is 15.1. The molecular formula is C30H44N6O10. The summed E-state index contributed by atoms with van der Waals surface area (Å²) in [5, 5.41) is 37.6. The number of aliphatic hydroxyl groups is 1. The number of aliphatic hydroxyl groups excluding tert-OH is 1. The Morgan fingerprint density at radius 3 is 2.13 bits per heavy atom. The number of likely N-dealkylation sites (tertiary alicyclic amines) is 1. The van der Waals surface area contributed by atoms with E-state index in [1.165, 1.54) is 4.90 Å². The number of benzene rings is 1. The quantitative estimate of drug-likeness (QED) is 0.0872. The number of nitrogens with zero attached hydrogens (tertiary/aromatic N) is 1. The summed E-state index contributed by atoms with van der Waals surface area (Å²) < 4.78 is 0. The van der Waals surface area contributed by atoms with Crippen molar-refractivity contribution in [3.05, 3.63) is 35.9 Å². The molecule has 1 fully saturated rings. The first-order valence-corrected chi connectivity index (χ1v) is 15.1. The molecule has 46 heavy (non-hydrogen) atoms. The molecule has 1 saturated heterocycles. The second-order valence-electron chi connectivity index (χ2n) is 11.5. The van der Waals surface area contributed by atoms with Crippen LogP contribution in [0.25, 0.3) is 0 Å². The predicted octanol–water partition coefficient (Wildman–Crippen LogP) is -1.89. The Labute approximate surface area is 266 Å². The highest BCUT2D eigenvalue weighted by molar-refractivity contribution is 5.96. The first kappa shape index (κ1) is 37.6. The summed E-state index contributed by atoms with van der Waals surface area (Å²) in [4.78, 5) is 88.5. The molecule has 16 nitrogen and oxygen atoms in total. The predicted molar refractivity (Wildman–Crippen MR) is 163 cm³/mol. The van der Waals surface area contributed by atoms with Crippen molar-refractivity contribution in [1.82, 2.24) is 26.2 Å². The van der Waals surface area contributed by atoms with Gasteiger partial charge in [-0.25, -0.2) is 4.79 Å². The molecule has 0 saturated carbocycles. The maximum Gasteiger partial charge on any atom is 0.326 e. The molecule has 0 bridgehead atoms. The van der Waals surface area contributed by atoms with Crippen LogP contribution < -0.4 is 27.0 Å². The molecule has 9 N–H and O–H groups in total. The zero-order valence-electron chi connectivity index (χ0n) is 25.9. The van der Waals surface area contributed by atoms with Crippen molar-refractivity contribution in [2.75, 3.05) is 19.7 Å². The van der Waals surface area contributed by atoms with Crippen LogP contribution in [0, 0.1) is 5.92 Å². The molecule has 0 unspecified atom stereocenters. The first-order chi connectivity index (χ1) is 21.7. The summed E-state index contributed by atoms with van der Waals surface area (Å²) in [6.07, 6.45) is 0.228.